The van der Waals surface area contributed by atoms with E-state index in [1.165, 1.54) is 4.57 Å². The number of pyridine rings is 2. The number of fused-ring (bicyclic) bond motifs is 1. The van der Waals surface area contributed by atoms with Gasteiger partial charge >= 0.3 is 0 Å². The monoisotopic (exact) mass is 407 g/mol. The molecule has 4 rings (SSSR count). The maximum Gasteiger partial charge on any atom is 0.260 e. The number of aryl methyl sites for hydroxylation is 1. The molecular formula is C22H18ClN3O3. The maximum absolute atomic E-state index is 12.9. The third kappa shape index (κ3) is 4.07. The van der Waals surface area contributed by atoms with Crippen molar-refractivity contribution in [2.75, 3.05) is 0 Å². The van der Waals surface area contributed by atoms with Gasteiger partial charge in [-0.25, -0.2) is 0 Å². The summed E-state index contributed by atoms with van der Waals surface area (Å²) in [5, 5.41) is 3.89. The van der Waals surface area contributed by atoms with Crippen molar-refractivity contribution in [1.29, 1.82) is 0 Å². The number of benzene rings is 1. The zero-order valence-electron chi connectivity index (χ0n) is 15.7. The zero-order chi connectivity index (χ0) is 20.4. The number of aromatic nitrogens is 2. The van der Waals surface area contributed by atoms with Crippen LogP contribution in [0.5, 0.6) is 0 Å². The summed E-state index contributed by atoms with van der Waals surface area (Å²) in [4.78, 5) is 30.0. The van der Waals surface area contributed by atoms with Gasteiger partial charge in [0.2, 0.25) is 0 Å². The predicted molar refractivity (Wildman–Crippen MR) is 111 cm³/mol. The molecule has 0 fully saturated rings. The fourth-order valence-electron chi connectivity index (χ4n) is 3.11. The van der Waals surface area contributed by atoms with Crippen LogP contribution in [0.15, 0.2) is 70.2 Å². The zero-order valence-corrected chi connectivity index (χ0v) is 16.4. The van der Waals surface area contributed by atoms with Crippen LogP contribution >= 0.6 is 11.6 Å². The van der Waals surface area contributed by atoms with Crippen molar-refractivity contribution < 1.29 is 9.21 Å². The minimum Gasteiger partial charge on any atom is -0.467 e. The first-order valence-electron chi connectivity index (χ1n) is 9.07. The highest BCUT2D eigenvalue weighted by atomic mass is 35.5. The summed E-state index contributed by atoms with van der Waals surface area (Å²) in [5.74, 6) is 0.389. The lowest BCUT2D eigenvalue weighted by molar-refractivity contribution is 0.0950. The quantitative estimate of drug-likeness (QED) is 0.543. The lowest BCUT2D eigenvalue weighted by atomic mass is 10.1. The molecule has 1 N–H and O–H groups in total. The van der Waals surface area contributed by atoms with Gasteiger partial charge in [-0.3, -0.25) is 14.6 Å². The molecule has 1 aromatic carbocycles. The second-order valence-electron chi connectivity index (χ2n) is 6.69. The van der Waals surface area contributed by atoms with Gasteiger partial charge in [-0.2, -0.15) is 0 Å². The van der Waals surface area contributed by atoms with Gasteiger partial charge in [0, 0.05) is 17.8 Å². The van der Waals surface area contributed by atoms with Crippen LogP contribution < -0.4 is 10.9 Å². The molecule has 0 radical (unpaired) electrons. The van der Waals surface area contributed by atoms with Crippen molar-refractivity contribution in [2.45, 2.75) is 20.0 Å². The van der Waals surface area contributed by atoms with E-state index in [-0.39, 0.29) is 11.5 Å². The molecule has 7 heteroatoms. The van der Waals surface area contributed by atoms with Gasteiger partial charge in [0.05, 0.1) is 35.0 Å². The average molecular weight is 408 g/mol. The Labute approximate surface area is 171 Å². The largest absolute Gasteiger partial charge is 0.467 e. The van der Waals surface area contributed by atoms with Crippen molar-refractivity contribution in [1.82, 2.24) is 14.9 Å². The van der Waals surface area contributed by atoms with Crippen LogP contribution in [0.4, 0.5) is 0 Å². The Morgan fingerprint density at radius 3 is 2.72 bits per heavy atom. The van der Waals surface area contributed by atoms with Gasteiger partial charge in [-0.1, -0.05) is 23.7 Å². The topological polar surface area (TPSA) is 77.1 Å². The van der Waals surface area contributed by atoms with E-state index in [0.717, 1.165) is 5.56 Å². The van der Waals surface area contributed by atoms with Crippen molar-refractivity contribution in [3.63, 3.8) is 0 Å². The Morgan fingerprint density at radius 1 is 1.21 bits per heavy atom. The van der Waals surface area contributed by atoms with Gasteiger partial charge in [-0.15, -0.1) is 0 Å². The number of halogens is 1. The van der Waals surface area contributed by atoms with Crippen molar-refractivity contribution >= 4 is 28.4 Å². The maximum atomic E-state index is 12.9. The van der Waals surface area contributed by atoms with E-state index in [9.17, 15) is 9.59 Å². The van der Waals surface area contributed by atoms with Crippen LogP contribution in [-0.2, 0) is 13.1 Å². The minimum absolute atomic E-state index is 0.224. The number of furan rings is 1. The van der Waals surface area contributed by atoms with E-state index in [0.29, 0.717) is 46.0 Å². The number of nitrogens with one attached hydrogen (secondary N) is 1. The second kappa shape index (κ2) is 7.93. The molecule has 146 valence electrons. The first kappa shape index (κ1) is 19.0. The molecule has 29 heavy (non-hydrogen) atoms. The SMILES string of the molecule is Cc1nc2ccn(Cc3ccco3)c(=O)c2cc1C(=O)NCc1ccc(Cl)cc1. The van der Waals surface area contributed by atoms with Crippen molar-refractivity contribution in [3.8, 4) is 0 Å². The summed E-state index contributed by atoms with van der Waals surface area (Å²) >= 11 is 5.89. The third-order valence-electron chi connectivity index (χ3n) is 4.66. The molecule has 4 aromatic rings. The molecule has 0 saturated heterocycles. The van der Waals surface area contributed by atoms with Gasteiger partial charge in [-0.05, 0) is 48.9 Å². The molecule has 0 unspecified atom stereocenters. The van der Waals surface area contributed by atoms with Crippen molar-refractivity contribution in [2.24, 2.45) is 0 Å². The normalized spacial score (nSPS) is 11.0. The van der Waals surface area contributed by atoms with E-state index >= 15 is 0 Å². The number of carbonyl (C=O) groups is 1. The second-order valence-corrected chi connectivity index (χ2v) is 7.13. The first-order valence-corrected chi connectivity index (χ1v) is 9.45. The van der Waals surface area contributed by atoms with E-state index < -0.39 is 0 Å². The Hall–Kier alpha value is -3.38. The van der Waals surface area contributed by atoms with E-state index in [2.05, 4.69) is 10.3 Å². The Kier molecular flexibility index (Phi) is 5.18. The number of hydrogen-bond acceptors (Lipinski definition) is 4. The number of amides is 1. The van der Waals surface area contributed by atoms with Gasteiger partial charge in [0.1, 0.15) is 5.76 Å². The molecule has 0 aliphatic carbocycles. The molecule has 0 bridgehead atoms. The van der Waals surface area contributed by atoms with Crippen LogP contribution in [-0.4, -0.2) is 15.5 Å². The Morgan fingerprint density at radius 2 is 2.00 bits per heavy atom. The van der Waals surface area contributed by atoms with Crippen LogP contribution in [0.3, 0.4) is 0 Å². The summed E-state index contributed by atoms with van der Waals surface area (Å²) < 4.78 is 6.85. The highest BCUT2D eigenvalue weighted by Gasteiger charge is 2.14. The number of hydrogen-bond donors (Lipinski definition) is 1. The third-order valence-corrected chi connectivity index (χ3v) is 4.92. The van der Waals surface area contributed by atoms with Gasteiger partial charge < -0.3 is 14.3 Å². The molecule has 0 saturated carbocycles. The van der Waals surface area contributed by atoms with Crippen LogP contribution in [0.1, 0.15) is 27.4 Å². The van der Waals surface area contributed by atoms with Crippen LogP contribution in [0.2, 0.25) is 5.02 Å². The number of nitrogens with zero attached hydrogens (tertiary/aromatic N) is 2. The lowest BCUT2D eigenvalue weighted by Crippen LogP contribution is -2.25. The first-order chi connectivity index (χ1) is 14.0. The molecular weight excluding hydrogens is 390 g/mol. The fraction of sp³-hybridized carbons (Fsp3) is 0.136. The molecule has 0 atom stereocenters. The minimum atomic E-state index is -0.285. The standard InChI is InChI=1S/C22H18ClN3O3/c1-14-18(21(27)24-12-15-4-6-16(23)7-5-15)11-19-20(25-14)8-9-26(22(19)28)13-17-3-2-10-29-17/h2-11H,12-13H2,1H3,(H,24,27). The van der Waals surface area contributed by atoms with Crippen LogP contribution in [0, 0.1) is 6.92 Å². The van der Waals surface area contributed by atoms with Gasteiger partial charge in [0.25, 0.3) is 11.5 Å². The lowest BCUT2D eigenvalue weighted by Gasteiger charge is -2.10. The molecule has 0 aliphatic rings. The summed E-state index contributed by atoms with van der Waals surface area (Å²) in [6.45, 7) is 2.42. The predicted octanol–water partition coefficient (Wildman–Crippen LogP) is 3.93. The van der Waals surface area contributed by atoms with E-state index in [1.54, 1.807) is 55.8 Å². The molecule has 1 amide bonds. The summed E-state index contributed by atoms with van der Waals surface area (Å²) in [6.07, 6.45) is 3.25. The summed E-state index contributed by atoms with van der Waals surface area (Å²) in [7, 11) is 0. The molecule has 3 aromatic heterocycles. The molecule has 0 spiro atoms. The fourth-order valence-corrected chi connectivity index (χ4v) is 3.24. The molecule has 0 aliphatic heterocycles. The number of rotatable bonds is 5. The highest BCUT2D eigenvalue weighted by Crippen LogP contribution is 2.15. The molecule has 3 heterocycles. The molecule has 6 nitrogen and oxygen atoms in total. The van der Waals surface area contributed by atoms with E-state index in [4.69, 9.17) is 16.0 Å². The van der Waals surface area contributed by atoms with Crippen molar-refractivity contribution in [3.05, 3.63) is 98.9 Å². The highest BCUT2D eigenvalue weighted by molar-refractivity contribution is 6.30. The van der Waals surface area contributed by atoms with Crippen LogP contribution in [0.25, 0.3) is 10.9 Å². The smallest absolute Gasteiger partial charge is 0.260 e. The summed E-state index contributed by atoms with van der Waals surface area (Å²) in [6, 6.07) is 14.2. The van der Waals surface area contributed by atoms with Gasteiger partial charge in [0.15, 0.2) is 0 Å². The number of carbonyl (C=O) groups excluding carboxylic acids is 1. The Balaban J connectivity index is 1.62. The Bertz CT molecular complexity index is 1230. The summed E-state index contributed by atoms with van der Waals surface area (Å²) in [5.41, 5.74) is 2.19. The van der Waals surface area contributed by atoms with E-state index in [1.807, 2.05) is 12.1 Å². The average Bonchev–Trinajstić information content (AvgIpc) is 3.22.